The first kappa shape index (κ1) is 30.5. The van der Waals surface area contributed by atoms with Crippen LogP contribution in [0.25, 0.3) is 5.65 Å². The van der Waals surface area contributed by atoms with Gasteiger partial charge in [0, 0.05) is 19.3 Å². The summed E-state index contributed by atoms with van der Waals surface area (Å²) in [5.74, 6) is -3.29. The van der Waals surface area contributed by atoms with Crippen molar-refractivity contribution in [2.45, 2.75) is 71.1 Å². The van der Waals surface area contributed by atoms with Gasteiger partial charge in [-0.05, 0) is 62.1 Å². The van der Waals surface area contributed by atoms with Crippen LogP contribution >= 0.6 is 0 Å². The van der Waals surface area contributed by atoms with Crippen LogP contribution in [0.5, 0.6) is 0 Å². The summed E-state index contributed by atoms with van der Waals surface area (Å²) in [5, 5.41) is 14.0. The summed E-state index contributed by atoms with van der Waals surface area (Å²) in [7, 11) is 1.05. The first-order valence-corrected chi connectivity index (χ1v) is 14.6. The van der Waals surface area contributed by atoms with Gasteiger partial charge in [-0.15, -0.1) is 0 Å². The maximum atomic E-state index is 13.6. The Morgan fingerprint density at radius 2 is 1.98 bits per heavy atom. The molecule has 0 bridgehead atoms. The normalized spacial score (nSPS) is 25.3. The van der Waals surface area contributed by atoms with Crippen LogP contribution in [-0.4, -0.2) is 62.0 Å². The van der Waals surface area contributed by atoms with E-state index in [1.165, 1.54) is 10.7 Å². The summed E-state index contributed by atoms with van der Waals surface area (Å²) >= 11 is 0. The second-order valence-electron chi connectivity index (χ2n) is 11.7. The predicted octanol–water partition coefficient (Wildman–Crippen LogP) is 3.64. The third kappa shape index (κ3) is 6.09. The molecule has 43 heavy (non-hydrogen) atoms. The minimum absolute atomic E-state index is 0.135. The van der Waals surface area contributed by atoms with Gasteiger partial charge in [0.05, 0.1) is 37.2 Å². The van der Waals surface area contributed by atoms with Crippen LogP contribution in [0, 0.1) is 23.2 Å². The number of nitrogens with one attached hydrogen (secondary N) is 2. The zero-order valence-electron chi connectivity index (χ0n) is 24.4. The Morgan fingerprint density at radius 1 is 1.23 bits per heavy atom. The van der Waals surface area contributed by atoms with Crippen LogP contribution in [0.15, 0.2) is 30.7 Å². The van der Waals surface area contributed by atoms with Gasteiger partial charge in [0.1, 0.15) is 5.69 Å². The number of fused-ring (bicyclic) bond motifs is 1. The fourth-order valence-corrected chi connectivity index (χ4v) is 6.37. The number of aromatic nitrogens is 5. The number of rotatable bonds is 8. The number of carbonyl (C=O) groups is 3. The summed E-state index contributed by atoms with van der Waals surface area (Å²) in [6.07, 6.45) is 2.90. The highest BCUT2D eigenvalue weighted by Gasteiger charge is 2.56. The van der Waals surface area contributed by atoms with Crippen molar-refractivity contribution in [3.05, 3.63) is 47.7 Å². The second-order valence-corrected chi connectivity index (χ2v) is 11.7. The van der Waals surface area contributed by atoms with Crippen molar-refractivity contribution in [1.29, 1.82) is 0 Å². The summed E-state index contributed by atoms with van der Waals surface area (Å²) in [6.45, 7) is 4.05. The fourth-order valence-electron chi connectivity index (χ4n) is 6.37. The van der Waals surface area contributed by atoms with Gasteiger partial charge >= 0.3 is 12.1 Å². The molecule has 1 unspecified atom stereocenters. The van der Waals surface area contributed by atoms with Gasteiger partial charge in [0.15, 0.2) is 11.1 Å². The van der Waals surface area contributed by atoms with E-state index in [1.54, 1.807) is 29.2 Å². The number of hydrogen-bond donors (Lipinski definition) is 2. The smallest absolute Gasteiger partial charge is 0.393 e. The molecular formula is C29H36F3N7O4. The van der Waals surface area contributed by atoms with E-state index in [1.807, 2.05) is 6.92 Å². The Bertz CT molecular complexity index is 1480. The molecule has 4 heterocycles. The number of nitrogens with zero attached hydrogens (tertiary/aromatic N) is 5. The number of piperidine rings is 1. The molecule has 3 atom stereocenters. The van der Waals surface area contributed by atoms with Gasteiger partial charge in [0.25, 0.3) is 5.91 Å². The number of ether oxygens (including phenoxy) is 1. The Kier molecular flexibility index (Phi) is 8.48. The minimum atomic E-state index is -4.60. The molecule has 3 aromatic rings. The molecule has 2 fully saturated rings. The van der Waals surface area contributed by atoms with Gasteiger partial charge < -0.3 is 15.4 Å². The van der Waals surface area contributed by atoms with Crippen molar-refractivity contribution in [1.82, 2.24) is 35.0 Å². The van der Waals surface area contributed by atoms with Crippen molar-refractivity contribution in [3.8, 4) is 0 Å². The predicted molar refractivity (Wildman–Crippen MR) is 148 cm³/mol. The van der Waals surface area contributed by atoms with Gasteiger partial charge in [-0.2, -0.15) is 23.4 Å². The molecule has 1 aliphatic heterocycles. The highest BCUT2D eigenvalue weighted by Crippen LogP contribution is 2.42. The fraction of sp³-hybridized carbons (Fsp3) is 0.586. The van der Waals surface area contributed by atoms with Crippen LogP contribution in [0.3, 0.4) is 0 Å². The van der Waals surface area contributed by atoms with Gasteiger partial charge in [-0.1, -0.05) is 19.8 Å². The Balaban J connectivity index is 1.46. The molecular weight excluding hydrogens is 567 g/mol. The summed E-state index contributed by atoms with van der Waals surface area (Å²) < 4.78 is 48.9. The Labute approximate surface area is 246 Å². The molecule has 1 aliphatic carbocycles. The lowest BCUT2D eigenvalue weighted by Gasteiger charge is -2.38. The van der Waals surface area contributed by atoms with Crippen LogP contribution in [0.2, 0.25) is 0 Å². The average Bonchev–Trinajstić information content (AvgIpc) is 3.63. The van der Waals surface area contributed by atoms with Gasteiger partial charge in [0.2, 0.25) is 5.91 Å². The first-order valence-electron chi connectivity index (χ1n) is 14.6. The quantitative estimate of drug-likeness (QED) is 0.297. The zero-order valence-corrected chi connectivity index (χ0v) is 24.4. The zero-order chi connectivity index (χ0) is 30.9. The summed E-state index contributed by atoms with van der Waals surface area (Å²) in [4.78, 5) is 43.9. The van der Waals surface area contributed by atoms with Gasteiger partial charge in [-0.3, -0.25) is 19.1 Å². The maximum Gasteiger partial charge on any atom is 0.393 e. The second kappa shape index (κ2) is 12.0. The monoisotopic (exact) mass is 603 g/mol. The molecule has 2 N–H and O–H groups in total. The number of halogens is 3. The lowest BCUT2D eigenvalue weighted by atomic mass is 9.71. The van der Waals surface area contributed by atoms with E-state index >= 15 is 0 Å². The summed E-state index contributed by atoms with van der Waals surface area (Å²) in [6, 6.07) is 2.85. The third-order valence-corrected chi connectivity index (χ3v) is 8.86. The van der Waals surface area contributed by atoms with E-state index in [0.29, 0.717) is 35.1 Å². The molecule has 2 aliphatic rings. The number of aryl methyl sites for hydroxylation is 1. The largest absolute Gasteiger partial charge is 0.468 e. The lowest BCUT2D eigenvalue weighted by Crippen LogP contribution is -2.57. The molecule has 14 heteroatoms. The molecule has 1 saturated heterocycles. The van der Waals surface area contributed by atoms with Crippen LogP contribution in [-0.2, 0) is 27.3 Å². The Hall–Kier alpha value is -3.97. The van der Waals surface area contributed by atoms with E-state index in [9.17, 15) is 27.6 Å². The molecule has 3 aromatic heterocycles. The number of imidazole rings is 1. The maximum absolute atomic E-state index is 13.6. The van der Waals surface area contributed by atoms with Crippen molar-refractivity contribution in [3.63, 3.8) is 0 Å². The molecule has 232 valence electrons. The van der Waals surface area contributed by atoms with Crippen molar-refractivity contribution in [2.24, 2.45) is 23.2 Å². The molecule has 0 aromatic carbocycles. The van der Waals surface area contributed by atoms with E-state index in [4.69, 9.17) is 9.72 Å². The van der Waals surface area contributed by atoms with Crippen LogP contribution in [0.4, 0.5) is 13.2 Å². The number of alkyl halides is 3. The molecule has 11 nitrogen and oxygen atoms in total. The molecule has 2 amide bonds. The highest BCUT2D eigenvalue weighted by atomic mass is 19.4. The average molecular weight is 604 g/mol. The number of hydrogen-bond acceptors (Lipinski definition) is 7. The topological polar surface area (TPSA) is 133 Å². The van der Waals surface area contributed by atoms with E-state index < -0.39 is 48.4 Å². The Morgan fingerprint density at radius 3 is 2.65 bits per heavy atom. The highest BCUT2D eigenvalue weighted by molar-refractivity contribution is 6.03. The van der Waals surface area contributed by atoms with E-state index in [0.717, 1.165) is 32.8 Å². The molecule has 0 radical (unpaired) electrons. The first-order chi connectivity index (χ1) is 20.4. The number of carbonyl (C=O) groups excluding carboxylic acids is 3. The number of amides is 2. The molecule has 5 rings (SSSR count). The minimum Gasteiger partial charge on any atom is -0.468 e. The number of methoxy groups -OCH3 is 1. The van der Waals surface area contributed by atoms with E-state index in [-0.39, 0.29) is 18.2 Å². The molecule has 0 spiro atoms. The third-order valence-electron chi connectivity index (χ3n) is 8.86. The number of esters is 1. The van der Waals surface area contributed by atoms with Crippen molar-refractivity contribution in [2.75, 3.05) is 13.7 Å². The van der Waals surface area contributed by atoms with Crippen molar-refractivity contribution >= 4 is 23.4 Å². The van der Waals surface area contributed by atoms with Crippen LogP contribution < -0.4 is 10.6 Å². The van der Waals surface area contributed by atoms with Crippen molar-refractivity contribution < 1.29 is 32.3 Å². The summed E-state index contributed by atoms with van der Waals surface area (Å²) in [5.41, 5.74) is -0.308. The lowest BCUT2D eigenvalue weighted by molar-refractivity contribution is -0.195. The van der Waals surface area contributed by atoms with E-state index in [2.05, 4.69) is 27.8 Å². The standard InChI is InChI=1S/C29H36F3N7O4/c1-4-38-22(9-10-34-38)25(40)37-24(19-7-5-17(2)6-8-19)21-16-39-23(36-21)11-18(14-35-39)12-28(27(42)43-3)13-20(29(30,31)32)15-33-26(28)41/h9-11,14,16-17,19-20,24H,4-8,12-13,15H2,1-3H3,(H,33,41)(H,37,40)/t17?,19?,20-,24+,28?/m1/s1. The SMILES string of the molecule is CCn1nccc1C(=O)N[C@H](c1cn2ncc(CC3(C(=O)OC)C[C@@H](C(F)(F)F)CNC3=O)cc2n1)C1CCC(C)CC1. The van der Waals surface area contributed by atoms with Gasteiger partial charge in [-0.25, -0.2) is 9.50 Å². The van der Waals surface area contributed by atoms with Crippen LogP contribution in [0.1, 0.15) is 73.7 Å². The molecule has 1 saturated carbocycles.